The predicted octanol–water partition coefficient (Wildman–Crippen LogP) is -0.0895. The topological polar surface area (TPSA) is 58.1 Å². The van der Waals surface area contributed by atoms with E-state index >= 15 is 0 Å². The zero-order chi connectivity index (χ0) is 10.7. The molecule has 0 spiro atoms. The molecule has 1 saturated heterocycles. The molecule has 1 unspecified atom stereocenters. The first kappa shape index (κ1) is 10.0. The molecule has 2 rings (SSSR count). The smallest absolute Gasteiger partial charge is 0.274 e. The summed E-state index contributed by atoms with van der Waals surface area (Å²) >= 11 is 0. The molecule has 1 aliphatic rings. The minimum Gasteiger partial charge on any atom is -0.332 e. The van der Waals surface area contributed by atoms with Crippen LogP contribution in [0.3, 0.4) is 0 Å². The molecule has 1 aromatic rings. The molecule has 0 saturated carbocycles. The SMILES string of the molecule is CC1CNCCN1C(=O)c1cnccn1. The molecule has 5 heteroatoms. The summed E-state index contributed by atoms with van der Waals surface area (Å²) in [6.45, 7) is 4.44. The van der Waals surface area contributed by atoms with E-state index in [4.69, 9.17) is 0 Å². The first-order valence-corrected chi connectivity index (χ1v) is 5.07. The van der Waals surface area contributed by atoms with E-state index < -0.39 is 0 Å². The van der Waals surface area contributed by atoms with Gasteiger partial charge in [0.25, 0.3) is 5.91 Å². The Morgan fingerprint density at radius 3 is 3.13 bits per heavy atom. The van der Waals surface area contributed by atoms with Crippen LogP contribution in [0.2, 0.25) is 0 Å². The van der Waals surface area contributed by atoms with Crippen LogP contribution in [0.1, 0.15) is 17.4 Å². The van der Waals surface area contributed by atoms with Gasteiger partial charge in [-0.2, -0.15) is 0 Å². The highest BCUT2D eigenvalue weighted by Gasteiger charge is 2.24. The van der Waals surface area contributed by atoms with E-state index in [1.165, 1.54) is 6.20 Å². The summed E-state index contributed by atoms with van der Waals surface area (Å²) in [4.78, 5) is 21.8. The van der Waals surface area contributed by atoms with Crippen LogP contribution in [0.25, 0.3) is 0 Å². The Labute approximate surface area is 88.5 Å². The van der Waals surface area contributed by atoms with Gasteiger partial charge in [0, 0.05) is 38.1 Å². The van der Waals surface area contributed by atoms with Crippen molar-refractivity contribution in [3.63, 3.8) is 0 Å². The lowest BCUT2D eigenvalue weighted by Crippen LogP contribution is -2.52. The minimum absolute atomic E-state index is 0.0305. The molecule has 0 radical (unpaired) electrons. The van der Waals surface area contributed by atoms with Gasteiger partial charge < -0.3 is 10.2 Å². The predicted molar refractivity (Wildman–Crippen MR) is 55.4 cm³/mol. The number of hydrogen-bond acceptors (Lipinski definition) is 4. The molecule has 0 aliphatic carbocycles. The fourth-order valence-corrected chi connectivity index (χ4v) is 1.70. The number of nitrogens with zero attached hydrogens (tertiary/aromatic N) is 3. The number of rotatable bonds is 1. The number of hydrogen-bond donors (Lipinski definition) is 1. The summed E-state index contributed by atoms with van der Waals surface area (Å²) in [6.07, 6.45) is 4.62. The summed E-state index contributed by atoms with van der Waals surface area (Å²) in [5.74, 6) is -0.0305. The Morgan fingerprint density at radius 1 is 1.60 bits per heavy atom. The Balaban J connectivity index is 2.13. The zero-order valence-corrected chi connectivity index (χ0v) is 8.68. The Hall–Kier alpha value is -1.49. The molecular formula is C10H14N4O. The largest absolute Gasteiger partial charge is 0.332 e. The molecule has 15 heavy (non-hydrogen) atoms. The van der Waals surface area contributed by atoms with Crippen molar-refractivity contribution in [1.29, 1.82) is 0 Å². The number of piperazine rings is 1. The second-order valence-corrected chi connectivity index (χ2v) is 3.64. The number of aromatic nitrogens is 2. The number of amides is 1. The van der Waals surface area contributed by atoms with Crippen molar-refractivity contribution >= 4 is 5.91 Å². The summed E-state index contributed by atoms with van der Waals surface area (Å²) < 4.78 is 0. The molecule has 2 heterocycles. The van der Waals surface area contributed by atoms with E-state index in [1.807, 2.05) is 11.8 Å². The maximum absolute atomic E-state index is 12.0. The van der Waals surface area contributed by atoms with E-state index in [2.05, 4.69) is 15.3 Å². The van der Waals surface area contributed by atoms with Crippen molar-refractivity contribution in [2.45, 2.75) is 13.0 Å². The van der Waals surface area contributed by atoms with Gasteiger partial charge in [-0.05, 0) is 6.92 Å². The van der Waals surface area contributed by atoms with Crippen molar-refractivity contribution < 1.29 is 4.79 Å². The highest BCUT2D eigenvalue weighted by atomic mass is 16.2. The van der Waals surface area contributed by atoms with Crippen molar-refractivity contribution in [1.82, 2.24) is 20.2 Å². The molecule has 5 nitrogen and oxygen atoms in total. The van der Waals surface area contributed by atoms with Gasteiger partial charge in [-0.15, -0.1) is 0 Å². The van der Waals surface area contributed by atoms with Gasteiger partial charge >= 0.3 is 0 Å². The molecule has 1 aliphatic heterocycles. The lowest BCUT2D eigenvalue weighted by atomic mass is 10.2. The lowest BCUT2D eigenvalue weighted by Gasteiger charge is -2.33. The van der Waals surface area contributed by atoms with Gasteiger partial charge in [0.2, 0.25) is 0 Å². The highest BCUT2D eigenvalue weighted by Crippen LogP contribution is 2.07. The molecule has 1 atom stereocenters. The Bertz CT molecular complexity index is 341. The monoisotopic (exact) mass is 206 g/mol. The van der Waals surface area contributed by atoms with Crippen LogP contribution in [0, 0.1) is 0 Å². The van der Waals surface area contributed by atoms with Gasteiger partial charge in [-0.25, -0.2) is 4.98 Å². The molecule has 1 aromatic heterocycles. The van der Waals surface area contributed by atoms with Gasteiger partial charge in [0.15, 0.2) is 0 Å². The van der Waals surface area contributed by atoms with E-state index in [9.17, 15) is 4.79 Å². The number of carbonyl (C=O) groups excluding carboxylic acids is 1. The maximum Gasteiger partial charge on any atom is 0.274 e. The Kier molecular flexibility index (Phi) is 2.91. The Morgan fingerprint density at radius 2 is 2.47 bits per heavy atom. The van der Waals surface area contributed by atoms with Crippen molar-refractivity contribution in [3.8, 4) is 0 Å². The zero-order valence-electron chi connectivity index (χ0n) is 8.68. The maximum atomic E-state index is 12.0. The van der Waals surface area contributed by atoms with Gasteiger partial charge in [-0.1, -0.05) is 0 Å². The summed E-state index contributed by atoms with van der Waals surface area (Å²) in [5, 5.41) is 3.24. The average molecular weight is 206 g/mol. The van der Waals surface area contributed by atoms with Gasteiger partial charge in [0.1, 0.15) is 5.69 Å². The highest BCUT2D eigenvalue weighted by molar-refractivity contribution is 5.92. The summed E-state index contributed by atoms with van der Waals surface area (Å²) in [5.41, 5.74) is 0.422. The number of nitrogens with one attached hydrogen (secondary N) is 1. The second-order valence-electron chi connectivity index (χ2n) is 3.64. The van der Waals surface area contributed by atoms with Crippen molar-refractivity contribution in [3.05, 3.63) is 24.3 Å². The third-order valence-electron chi connectivity index (χ3n) is 2.54. The molecule has 0 aromatic carbocycles. The quantitative estimate of drug-likeness (QED) is 0.697. The van der Waals surface area contributed by atoms with E-state index in [1.54, 1.807) is 12.4 Å². The molecular weight excluding hydrogens is 192 g/mol. The van der Waals surface area contributed by atoms with Crippen LogP contribution in [-0.4, -0.2) is 46.5 Å². The summed E-state index contributed by atoms with van der Waals surface area (Å²) in [6, 6.07) is 0.216. The fourth-order valence-electron chi connectivity index (χ4n) is 1.70. The van der Waals surface area contributed by atoms with Crippen LogP contribution >= 0.6 is 0 Å². The molecule has 1 amide bonds. The van der Waals surface area contributed by atoms with Crippen molar-refractivity contribution in [2.75, 3.05) is 19.6 Å². The van der Waals surface area contributed by atoms with E-state index in [0.29, 0.717) is 5.69 Å². The van der Waals surface area contributed by atoms with Crippen molar-refractivity contribution in [2.24, 2.45) is 0 Å². The molecule has 0 bridgehead atoms. The fraction of sp³-hybridized carbons (Fsp3) is 0.500. The van der Waals surface area contributed by atoms with Crippen LogP contribution in [-0.2, 0) is 0 Å². The summed E-state index contributed by atoms with van der Waals surface area (Å²) in [7, 11) is 0. The number of carbonyl (C=O) groups is 1. The lowest BCUT2D eigenvalue weighted by molar-refractivity contribution is 0.0649. The molecule has 1 N–H and O–H groups in total. The van der Waals surface area contributed by atoms with E-state index in [0.717, 1.165) is 19.6 Å². The second kappa shape index (κ2) is 4.35. The molecule has 80 valence electrons. The van der Waals surface area contributed by atoms with E-state index in [-0.39, 0.29) is 11.9 Å². The van der Waals surface area contributed by atoms with Gasteiger partial charge in [0.05, 0.1) is 6.20 Å². The van der Waals surface area contributed by atoms with Crippen LogP contribution in [0.5, 0.6) is 0 Å². The normalized spacial score (nSPS) is 21.4. The first-order chi connectivity index (χ1) is 7.29. The van der Waals surface area contributed by atoms with Crippen LogP contribution in [0.4, 0.5) is 0 Å². The minimum atomic E-state index is -0.0305. The van der Waals surface area contributed by atoms with Gasteiger partial charge in [-0.3, -0.25) is 9.78 Å². The van der Waals surface area contributed by atoms with Crippen LogP contribution < -0.4 is 5.32 Å². The molecule has 1 fully saturated rings. The first-order valence-electron chi connectivity index (χ1n) is 5.07. The third kappa shape index (κ3) is 2.12. The standard InChI is InChI=1S/C10H14N4O/c1-8-6-12-4-5-14(8)10(15)9-7-11-2-3-13-9/h2-3,7-8,12H,4-6H2,1H3. The average Bonchev–Trinajstić information content (AvgIpc) is 2.30. The third-order valence-corrected chi connectivity index (χ3v) is 2.54. The van der Waals surface area contributed by atoms with Crippen LogP contribution in [0.15, 0.2) is 18.6 Å².